The molecule has 1 N–H and O–H groups in total. The minimum atomic E-state index is -0.544. The SMILES string of the molecule is C[C@@H](NC(=O)c1cn(-c2ccccc2)cn1)C(=O)N1CCC2(CC1)CC2. The molecule has 1 aromatic carbocycles. The van der Waals surface area contributed by atoms with Crippen LogP contribution < -0.4 is 5.32 Å². The summed E-state index contributed by atoms with van der Waals surface area (Å²) in [5.41, 5.74) is 1.78. The number of aromatic nitrogens is 2. The number of benzene rings is 1. The molecule has 1 spiro atoms. The Labute approximate surface area is 153 Å². The standard InChI is InChI=1S/C20H24N4O2/c1-15(19(26)23-11-9-20(7-8-20)10-12-23)22-18(25)17-13-24(14-21-17)16-5-3-2-4-6-16/h2-6,13-15H,7-12H2,1H3,(H,22,25)/t15-/m1/s1. The van der Waals surface area contributed by atoms with Gasteiger partial charge in [0.2, 0.25) is 5.91 Å². The van der Waals surface area contributed by atoms with Gasteiger partial charge in [-0.1, -0.05) is 18.2 Å². The highest BCUT2D eigenvalue weighted by molar-refractivity contribution is 5.95. The molecular formula is C20H24N4O2. The average molecular weight is 352 g/mol. The topological polar surface area (TPSA) is 67.2 Å². The summed E-state index contributed by atoms with van der Waals surface area (Å²) in [5.74, 6) is -0.326. The molecule has 1 aliphatic carbocycles. The monoisotopic (exact) mass is 352 g/mol. The van der Waals surface area contributed by atoms with Crippen LogP contribution in [0.5, 0.6) is 0 Å². The molecule has 0 bridgehead atoms. The minimum Gasteiger partial charge on any atom is -0.341 e. The van der Waals surface area contributed by atoms with E-state index in [1.165, 1.54) is 12.8 Å². The maximum absolute atomic E-state index is 12.6. The van der Waals surface area contributed by atoms with Crippen LogP contribution in [0.15, 0.2) is 42.9 Å². The van der Waals surface area contributed by atoms with Gasteiger partial charge in [0.25, 0.3) is 5.91 Å². The van der Waals surface area contributed by atoms with Gasteiger partial charge in [-0.05, 0) is 50.2 Å². The molecule has 6 heteroatoms. The van der Waals surface area contributed by atoms with Crippen molar-refractivity contribution >= 4 is 11.8 Å². The molecule has 4 rings (SSSR count). The first-order valence-electron chi connectivity index (χ1n) is 9.25. The van der Waals surface area contributed by atoms with Crippen LogP contribution in [-0.4, -0.2) is 45.4 Å². The Bertz CT molecular complexity index is 800. The predicted octanol–water partition coefficient (Wildman–Crippen LogP) is 2.39. The summed E-state index contributed by atoms with van der Waals surface area (Å²) in [7, 11) is 0. The van der Waals surface area contributed by atoms with E-state index in [-0.39, 0.29) is 11.8 Å². The lowest BCUT2D eigenvalue weighted by atomic mass is 9.93. The molecule has 1 aromatic heterocycles. The fourth-order valence-corrected chi connectivity index (χ4v) is 3.67. The zero-order valence-electron chi connectivity index (χ0n) is 15.0. The molecule has 2 heterocycles. The van der Waals surface area contributed by atoms with Crippen LogP contribution in [0.1, 0.15) is 43.1 Å². The third-order valence-electron chi connectivity index (χ3n) is 5.68. The Balaban J connectivity index is 1.35. The van der Waals surface area contributed by atoms with Gasteiger partial charge >= 0.3 is 0 Å². The number of nitrogens with zero attached hydrogens (tertiary/aromatic N) is 3. The van der Waals surface area contributed by atoms with Crippen LogP contribution in [0.25, 0.3) is 5.69 Å². The summed E-state index contributed by atoms with van der Waals surface area (Å²) in [5, 5.41) is 2.79. The molecule has 0 unspecified atom stereocenters. The maximum atomic E-state index is 12.6. The number of amides is 2. The Morgan fingerprint density at radius 2 is 1.81 bits per heavy atom. The number of carbonyl (C=O) groups excluding carboxylic acids is 2. The lowest BCUT2D eigenvalue weighted by Gasteiger charge is -2.33. The van der Waals surface area contributed by atoms with Gasteiger partial charge in [0.05, 0.1) is 0 Å². The summed E-state index contributed by atoms with van der Waals surface area (Å²) in [6.45, 7) is 3.36. The van der Waals surface area contributed by atoms with Crippen molar-refractivity contribution in [2.45, 2.75) is 38.6 Å². The number of imidazole rings is 1. The summed E-state index contributed by atoms with van der Waals surface area (Å²) in [6.07, 6.45) is 8.11. The van der Waals surface area contributed by atoms with Crippen molar-refractivity contribution in [3.8, 4) is 5.69 Å². The van der Waals surface area contributed by atoms with E-state index in [1.807, 2.05) is 35.2 Å². The smallest absolute Gasteiger partial charge is 0.272 e. The van der Waals surface area contributed by atoms with Crippen molar-refractivity contribution in [2.24, 2.45) is 5.41 Å². The van der Waals surface area contributed by atoms with Gasteiger partial charge in [-0.2, -0.15) is 0 Å². The van der Waals surface area contributed by atoms with E-state index < -0.39 is 6.04 Å². The number of hydrogen-bond acceptors (Lipinski definition) is 3. The Hall–Kier alpha value is -2.63. The maximum Gasteiger partial charge on any atom is 0.272 e. The van der Waals surface area contributed by atoms with E-state index in [1.54, 1.807) is 24.0 Å². The lowest BCUT2D eigenvalue weighted by Crippen LogP contribution is -2.49. The summed E-state index contributed by atoms with van der Waals surface area (Å²) in [6, 6.07) is 9.14. The number of likely N-dealkylation sites (tertiary alicyclic amines) is 1. The molecule has 1 aliphatic heterocycles. The highest BCUT2D eigenvalue weighted by Gasteiger charge is 2.45. The molecule has 2 fully saturated rings. The van der Waals surface area contributed by atoms with E-state index in [2.05, 4.69) is 10.3 Å². The molecule has 1 saturated heterocycles. The van der Waals surface area contributed by atoms with Crippen LogP contribution >= 0.6 is 0 Å². The Morgan fingerprint density at radius 1 is 1.12 bits per heavy atom. The largest absolute Gasteiger partial charge is 0.341 e. The molecule has 136 valence electrons. The fraction of sp³-hybridized carbons (Fsp3) is 0.450. The van der Waals surface area contributed by atoms with Gasteiger partial charge in [0.1, 0.15) is 18.1 Å². The average Bonchev–Trinajstić information content (AvgIpc) is 3.23. The zero-order valence-corrected chi connectivity index (χ0v) is 15.0. The third kappa shape index (κ3) is 3.36. The molecule has 2 aromatic rings. The van der Waals surface area contributed by atoms with E-state index in [4.69, 9.17) is 0 Å². The molecule has 1 saturated carbocycles. The second-order valence-corrected chi connectivity index (χ2v) is 7.52. The van der Waals surface area contributed by atoms with E-state index in [0.717, 1.165) is 31.6 Å². The molecule has 1 atom stereocenters. The second-order valence-electron chi connectivity index (χ2n) is 7.52. The Kier molecular flexibility index (Phi) is 4.26. The number of nitrogens with one attached hydrogen (secondary N) is 1. The van der Waals surface area contributed by atoms with Crippen LogP contribution in [0.4, 0.5) is 0 Å². The van der Waals surface area contributed by atoms with E-state index in [0.29, 0.717) is 11.1 Å². The zero-order chi connectivity index (χ0) is 18.1. The molecule has 2 aliphatic rings. The number of piperidine rings is 1. The lowest BCUT2D eigenvalue weighted by molar-refractivity contribution is -0.134. The molecular weight excluding hydrogens is 328 g/mol. The van der Waals surface area contributed by atoms with Gasteiger partial charge in [0.15, 0.2) is 0 Å². The van der Waals surface area contributed by atoms with Gasteiger partial charge < -0.3 is 14.8 Å². The van der Waals surface area contributed by atoms with Crippen molar-refractivity contribution in [3.63, 3.8) is 0 Å². The van der Waals surface area contributed by atoms with Crippen molar-refractivity contribution in [3.05, 3.63) is 48.5 Å². The van der Waals surface area contributed by atoms with Crippen LogP contribution in [0.3, 0.4) is 0 Å². The third-order valence-corrected chi connectivity index (χ3v) is 5.68. The van der Waals surface area contributed by atoms with Gasteiger partial charge in [-0.25, -0.2) is 4.98 Å². The quantitative estimate of drug-likeness (QED) is 0.919. The molecule has 2 amide bonds. The fourth-order valence-electron chi connectivity index (χ4n) is 3.67. The van der Waals surface area contributed by atoms with E-state index >= 15 is 0 Å². The predicted molar refractivity (Wildman–Crippen MR) is 98.0 cm³/mol. The first kappa shape index (κ1) is 16.8. The first-order valence-corrected chi connectivity index (χ1v) is 9.25. The molecule has 6 nitrogen and oxygen atoms in total. The first-order chi connectivity index (χ1) is 12.6. The van der Waals surface area contributed by atoms with Crippen molar-refractivity contribution in [1.82, 2.24) is 19.8 Å². The van der Waals surface area contributed by atoms with Crippen molar-refractivity contribution in [1.29, 1.82) is 0 Å². The summed E-state index contributed by atoms with van der Waals surface area (Å²) in [4.78, 5) is 31.1. The summed E-state index contributed by atoms with van der Waals surface area (Å²) < 4.78 is 1.79. The minimum absolute atomic E-state index is 0.00339. The number of para-hydroxylation sites is 1. The van der Waals surface area contributed by atoms with Gasteiger partial charge in [0, 0.05) is 25.0 Å². The highest BCUT2D eigenvalue weighted by Crippen LogP contribution is 2.53. The van der Waals surface area contributed by atoms with E-state index in [9.17, 15) is 9.59 Å². The number of hydrogen-bond donors (Lipinski definition) is 1. The van der Waals surface area contributed by atoms with Crippen molar-refractivity contribution < 1.29 is 9.59 Å². The molecule has 26 heavy (non-hydrogen) atoms. The number of rotatable bonds is 4. The van der Waals surface area contributed by atoms with Crippen LogP contribution in [0, 0.1) is 5.41 Å². The highest BCUT2D eigenvalue weighted by atomic mass is 16.2. The van der Waals surface area contributed by atoms with Crippen LogP contribution in [0.2, 0.25) is 0 Å². The van der Waals surface area contributed by atoms with Crippen LogP contribution in [-0.2, 0) is 4.79 Å². The van der Waals surface area contributed by atoms with Gasteiger partial charge in [-0.3, -0.25) is 9.59 Å². The van der Waals surface area contributed by atoms with Gasteiger partial charge in [-0.15, -0.1) is 0 Å². The summed E-state index contributed by atoms with van der Waals surface area (Å²) >= 11 is 0. The van der Waals surface area contributed by atoms with Crippen molar-refractivity contribution in [2.75, 3.05) is 13.1 Å². The molecule has 0 radical (unpaired) electrons. The second kappa shape index (κ2) is 6.59. The normalized spacial score (nSPS) is 19.2. The number of carbonyl (C=O) groups is 2. The Morgan fingerprint density at radius 3 is 2.46 bits per heavy atom.